The van der Waals surface area contributed by atoms with E-state index < -0.39 is 11.7 Å². The molecule has 0 spiro atoms. The van der Waals surface area contributed by atoms with Crippen LogP contribution < -0.4 is 5.32 Å². The molecule has 0 fully saturated rings. The van der Waals surface area contributed by atoms with Gasteiger partial charge < -0.3 is 10.4 Å². The molecule has 0 aliphatic carbocycles. The summed E-state index contributed by atoms with van der Waals surface area (Å²) in [6.45, 7) is -0.230. The van der Waals surface area contributed by atoms with Crippen molar-refractivity contribution in [1.29, 1.82) is 0 Å². The summed E-state index contributed by atoms with van der Waals surface area (Å²) in [4.78, 5) is 11.9. The van der Waals surface area contributed by atoms with Crippen molar-refractivity contribution < 1.29 is 14.3 Å². The number of benzene rings is 2. The van der Waals surface area contributed by atoms with Crippen LogP contribution in [-0.2, 0) is 0 Å². The third-order valence-electron chi connectivity index (χ3n) is 2.55. The normalized spacial score (nSPS) is 9.50. The Hall–Kier alpha value is -2.64. The Balaban J connectivity index is 2.18. The summed E-state index contributed by atoms with van der Waals surface area (Å²) < 4.78 is 13.5. The van der Waals surface area contributed by atoms with E-state index in [2.05, 4.69) is 17.2 Å². The number of halogens is 1. The quantitative estimate of drug-likeness (QED) is 0.823. The van der Waals surface area contributed by atoms with Crippen LogP contribution in [0.3, 0.4) is 0 Å². The van der Waals surface area contributed by atoms with Gasteiger partial charge in [-0.1, -0.05) is 30.0 Å². The van der Waals surface area contributed by atoms with Gasteiger partial charge in [-0.05, 0) is 30.3 Å². The van der Waals surface area contributed by atoms with Gasteiger partial charge in [0.05, 0.1) is 5.56 Å². The van der Waals surface area contributed by atoms with E-state index in [9.17, 15) is 9.18 Å². The van der Waals surface area contributed by atoms with Crippen molar-refractivity contribution in [2.75, 3.05) is 11.9 Å². The molecular weight excluding hydrogens is 257 g/mol. The first kappa shape index (κ1) is 13.8. The van der Waals surface area contributed by atoms with Crippen LogP contribution in [0.4, 0.5) is 10.1 Å². The summed E-state index contributed by atoms with van der Waals surface area (Å²) >= 11 is 0. The largest absolute Gasteiger partial charge is 0.384 e. The average molecular weight is 269 g/mol. The second-order valence-corrected chi connectivity index (χ2v) is 3.97. The first-order valence-corrected chi connectivity index (χ1v) is 5.96. The van der Waals surface area contributed by atoms with Crippen molar-refractivity contribution in [3.05, 3.63) is 65.5 Å². The molecule has 0 aromatic heterocycles. The SMILES string of the molecule is O=C(Nc1cccc(C#CCO)c1)c1ccccc1F. The van der Waals surface area contributed by atoms with Crippen LogP contribution in [0.5, 0.6) is 0 Å². The molecule has 0 bridgehead atoms. The number of carbonyl (C=O) groups excluding carboxylic acids is 1. The third-order valence-corrected chi connectivity index (χ3v) is 2.55. The number of rotatable bonds is 2. The summed E-state index contributed by atoms with van der Waals surface area (Å²) in [5, 5.41) is 11.2. The van der Waals surface area contributed by atoms with Gasteiger partial charge in [-0.25, -0.2) is 4.39 Å². The van der Waals surface area contributed by atoms with E-state index in [-0.39, 0.29) is 12.2 Å². The Morgan fingerprint density at radius 2 is 2.00 bits per heavy atom. The van der Waals surface area contributed by atoms with Crippen LogP contribution in [0.1, 0.15) is 15.9 Å². The summed E-state index contributed by atoms with van der Waals surface area (Å²) in [5.41, 5.74) is 1.16. The zero-order chi connectivity index (χ0) is 14.4. The lowest BCUT2D eigenvalue weighted by Gasteiger charge is -2.06. The Labute approximate surface area is 116 Å². The fourth-order valence-electron chi connectivity index (χ4n) is 1.66. The lowest BCUT2D eigenvalue weighted by molar-refractivity contribution is 0.102. The van der Waals surface area contributed by atoms with Gasteiger partial charge in [0.15, 0.2) is 0 Å². The number of hydrogen-bond acceptors (Lipinski definition) is 2. The molecule has 2 aromatic carbocycles. The topological polar surface area (TPSA) is 49.3 Å². The fourth-order valence-corrected chi connectivity index (χ4v) is 1.66. The van der Waals surface area contributed by atoms with Crippen LogP contribution >= 0.6 is 0 Å². The lowest BCUT2D eigenvalue weighted by atomic mass is 10.1. The Morgan fingerprint density at radius 3 is 2.75 bits per heavy atom. The van der Waals surface area contributed by atoms with E-state index in [1.54, 1.807) is 30.3 Å². The van der Waals surface area contributed by atoms with E-state index >= 15 is 0 Å². The summed E-state index contributed by atoms with van der Waals surface area (Å²) in [6.07, 6.45) is 0. The van der Waals surface area contributed by atoms with Crippen LogP contribution in [0.2, 0.25) is 0 Å². The smallest absolute Gasteiger partial charge is 0.258 e. The highest BCUT2D eigenvalue weighted by molar-refractivity contribution is 6.04. The number of carbonyl (C=O) groups is 1. The molecule has 2 rings (SSSR count). The van der Waals surface area contributed by atoms with Crippen LogP contribution in [0, 0.1) is 17.7 Å². The molecule has 0 unspecified atom stereocenters. The molecule has 100 valence electrons. The molecule has 0 heterocycles. The molecule has 4 heteroatoms. The number of amides is 1. The van der Waals surface area contributed by atoms with Gasteiger partial charge in [0.2, 0.25) is 0 Å². The Kier molecular flexibility index (Phi) is 4.48. The standard InChI is InChI=1S/C16H12FNO2/c17-15-9-2-1-8-14(15)16(20)18-13-7-3-5-12(11-13)6-4-10-19/h1-3,5,7-9,11,19H,10H2,(H,18,20). The van der Waals surface area contributed by atoms with E-state index in [0.29, 0.717) is 11.3 Å². The van der Waals surface area contributed by atoms with Crippen molar-refractivity contribution in [3.63, 3.8) is 0 Å². The highest BCUT2D eigenvalue weighted by atomic mass is 19.1. The van der Waals surface area contributed by atoms with E-state index in [4.69, 9.17) is 5.11 Å². The van der Waals surface area contributed by atoms with Gasteiger partial charge in [0, 0.05) is 11.3 Å². The Morgan fingerprint density at radius 1 is 1.20 bits per heavy atom. The molecule has 2 aromatic rings. The van der Waals surface area contributed by atoms with Gasteiger partial charge >= 0.3 is 0 Å². The predicted molar refractivity (Wildman–Crippen MR) is 74.8 cm³/mol. The monoisotopic (exact) mass is 269 g/mol. The van der Waals surface area contributed by atoms with Gasteiger partial charge in [0.1, 0.15) is 12.4 Å². The lowest BCUT2D eigenvalue weighted by Crippen LogP contribution is -2.13. The van der Waals surface area contributed by atoms with Crippen molar-refractivity contribution >= 4 is 11.6 Å². The molecule has 1 amide bonds. The summed E-state index contributed by atoms with van der Waals surface area (Å²) in [7, 11) is 0. The second kappa shape index (κ2) is 6.50. The molecule has 0 aliphatic rings. The molecule has 0 atom stereocenters. The molecule has 20 heavy (non-hydrogen) atoms. The maximum atomic E-state index is 13.5. The number of nitrogens with one attached hydrogen (secondary N) is 1. The molecular formula is C16H12FNO2. The molecule has 0 saturated heterocycles. The van der Waals surface area contributed by atoms with E-state index in [1.165, 1.54) is 18.2 Å². The highest BCUT2D eigenvalue weighted by Gasteiger charge is 2.10. The van der Waals surface area contributed by atoms with E-state index in [0.717, 1.165) is 0 Å². The van der Waals surface area contributed by atoms with Crippen molar-refractivity contribution in [2.45, 2.75) is 0 Å². The van der Waals surface area contributed by atoms with Crippen molar-refractivity contribution in [1.82, 2.24) is 0 Å². The van der Waals surface area contributed by atoms with Crippen LogP contribution in [-0.4, -0.2) is 17.6 Å². The highest BCUT2D eigenvalue weighted by Crippen LogP contribution is 2.13. The Bertz CT molecular complexity index is 686. The minimum absolute atomic E-state index is 0.0145. The van der Waals surface area contributed by atoms with Crippen LogP contribution in [0.25, 0.3) is 0 Å². The van der Waals surface area contributed by atoms with Gasteiger partial charge in [-0.2, -0.15) is 0 Å². The predicted octanol–water partition coefficient (Wildman–Crippen LogP) is 2.42. The number of aliphatic hydroxyl groups is 1. The second-order valence-electron chi connectivity index (χ2n) is 3.97. The van der Waals surface area contributed by atoms with Gasteiger partial charge in [-0.3, -0.25) is 4.79 Å². The maximum absolute atomic E-state index is 13.5. The zero-order valence-corrected chi connectivity index (χ0v) is 10.6. The van der Waals surface area contributed by atoms with Crippen molar-refractivity contribution in [2.24, 2.45) is 0 Å². The maximum Gasteiger partial charge on any atom is 0.258 e. The summed E-state index contributed by atoms with van der Waals surface area (Å²) in [5.74, 6) is 4.17. The molecule has 3 nitrogen and oxygen atoms in total. The minimum atomic E-state index is -0.568. The minimum Gasteiger partial charge on any atom is -0.384 e. The number of anilines is 1. The number of hydrogen-bond donors (Lipinski definition) is 2. The first-order valence-electron chi connectivity index (χ1n) is 5.96. The molecule has 0 saturated carbocycles. The molecule has 0 aliphatic heterocycles. The van der Waals surface area contributed by atoms with Gasteiger partial charge in [-0.15, -0.1) is 0 Å². The average Bonchev–Trinajstić information content (AvgIpc) is 2.46. The van der Waals surface area contributed by atoms with Crippen molar-refractivity contribution in [3.8, 4) is 11.8 Å². The molecule has 0 radical (unpaired) electrons. The fraction of sp³-hybridized carbons (Fsp3) is 0.0625. The van der Waals surface area contributed by atoms with Crippen LogP contribution in [0.15, 0.2) is 48.5 Å². The first-order chi connectivity index (χ1) is 9.70. The number of aliphatic hydroxyl groups excluding tert-OH is 1. The summed E-state index contributed by atoms with van der Waals surface area (Å²) in [6, 6.07) is 12.6. The molecule has 2 N–H and O–H groups in total. The van der Waals surface area contributed by atoms with Gasteiger partial charge in [0.25, 0.3) is 5.91 Å². The van der Waals surface area contributed by atoms with E-state index in [1.807, 2.05) is 0 Å². The zero-order valence-electron chi connectivity index (χ0n) is 10.6. The third kappa shape index (κ3) is 3.44.